The highest BCUT2D eigenvalue weighted by Gasteiger charge is 2.09. The van der Waals surface area contributed by atoms with E-state index in [9.17, 15) is 0 Å². The lowest BCUT2D eigenvalue weighted by Crippen LogP contribution is -1.80. The van der Waals surface area contributed by atoms with Crippen molar-refractivity contribution in [1.82, 2.24) is 0 Å². The fourth-order valence-corrected chi connectivity index (χ4v) is 2.31. The average molecular weight is 209 g/mol. The predicted octanol–water partition coefficient (Wildman–Crippen LogP) is 4.40. The zero-order valence-corrected chi connectivity index (χ0v) is 8.85. The second kappa shape index (κ2) is 3.79. The zero-order chi connectivity index (χ0) is 8.43. The van der Waals surface area contributed by atoms with Gasteiger partial charge in [-0.3, -0.25) is 0 Å². The van der Waals surface area contributed by atoms with Gasteiger partial charge in [0, 0.05) is 4.88 Å². The van der Waals surface area contributed by atoms with E-state index >= 15 is 0 Å². The van der Waals surface area contributed by atoms with Gasteiger partial charge in [0.2, 0.25) is 0 Å². The monoisotopic (exact) mass is 208 g/mol. The van der Waals surface area contributed by atoms with Crippen molar-refractivity contribution in [3.8, 4) is 0 Å². The van der Waals surface area contributed by atoms with Gasteiger partial charge in [0.15, 0.2) is 0 Å². The molecular weight excluding hydrogens is 199 g/mol. The molecule has 3 heteroatoms. The summed E-state index contributed by atoms with van der Waals surface area (Å²) in [6, 6.07) is 2.06. The molecule has 0 amide bonds. The minimum atomic E-state index is 0.131. The number of hydrogen-bond donors (Lipinski definition) is 0. The van der Waals surface area contributed by atoms with Crippen molar-refractivity contribution in [2.24, 2.45) is 0 Å². The van der Waals surface area contributed by atoms with E-state index in [0.717, 1.165) is 16.3 Å². The number of hydrogen-bond acceptors (Lipinski definition) is 1. The quantitative estimate of drug-likeness (QED) is 0.633. The van der Waals surface area contributed by atoms with Gasteiger partial charge in [0.25, 0.3) is 0 Å². The first-order valence-electron chi connectivity index (χ1n) is 3.55. The first kappa shape index (κ1) is 9.37. The summed E-state index contributed by atoms with van der Waals surface area (Å²) in [5, 5.41) is 0.131. The Labute approximate surface area is 81.1 Å². The Hall–Kier alpha value is 0.280. The van der Waals surface area contributed by atoms with Crippen LogP contribution in [0.1, 0.15) is 29.2 Å². The summed E-state index contributed by atoms with van der Waals surface area (Å²) < 4.78 is 0.860. The van der Waals surface area contributed by atoms with E-state index in [1.165, 1.54) is 4.88 Å². The second-order valence-electron chi connectivity index (χ2n) is 2.48. The molecule has 0 spiro atoms. The van der Waals surface area contributed by atoms with Crippen molar-refractivity contribution in [3.63, 3.8) is 0 Å². The van der Waals surface area contributed by atoms with Gasteiger partial charge in [-0.2, -0.15) is 0 Å². The van der Waals surface area contributed by atoms with Crippen LogP contribution in [0.5, 0.6) is 0 Å². The van der Waals surface area contributed by atoms with Gasteiger partial charge in [-0.25, -0.2) is 0 Å². The lowest BCUT2D eigenvalue weighted by molar-refractivity contribution is 0.901. The second-order valence-corrected chi connectivity index (χ2v) is 4.69. The van der Waals surface area contributed by atoms with Crippen LogP contribution < -0.4 is 0 Å². The van der Waals surface area contributed by atoms with Gasteiger partial charge < -0.3 is 0 Å². The topological polar surface area (TPSA) is 0 Å². The normalized spacial score (nSPS) is 13.5. The molecule has 62 valence electrons. The molecule has 0 bridgehead atoms. The van der Waals surface area contributed by atoms with Crippen LogP contribution in [0, 0.1) is 6.92 Å². The molecule has 0 fully saturated rings. The number of aryl methyl sites for hydroxylation is 1. The number of rotatable bonds is 2. The molecule has 0 aliphatic heterocycles. The molecule has 1 heterocycles. The maximum absolute atomic E-state index is 6.03. The van der Waals surface area contributed by atoms with Crippen LogP contribution >= 0.6 is 34.5 Å². The summed E-state index contributed by atoms with van der Waals surface area (Å²) in [5.41, 5.74) is 1.13. The van der Waals surface area contributed by atoms with Crippen LogP contribution in [0.25, 0.3) is 0 Å². The van der Waals surface area contributed by atoms with Crippen molar-refractivity contribution in [3.05, 3.63) is 20.8 Å². The Morgan fingerprint density at radius 3 is 2.64 bits per heavy atom. The van der Waals surface area contributed by atoms with Gasteiger partial charge in [-0.1, -0.05) is 18.5 Å². The largest absolute Gasteiger partial charge is 0.127 e. The molecule has 1 atom stereocenters. The van der Waals surface area contributed by atoms with Crippen molar-refractivity contribution in [2.75, 3.05) is 0 Å². The van der Waals surface area contributed by atoms with Crippen molar-refractivity contribution < 1.29 is 0 Å². The lowest BCUT2D eigenvalue weighted by Gasteiger charge is -1.99. The molecule has 0 aliphatic carbocycles. The maximum atomic E-state index is 6.03. The van der Waals surface area contributed by atoms with Crippen molar-refractivity contribution in [2.45, 2.75) is 25.6 Å². The summed E-state index contributed by atoms with van der Waals surface area (Å²) in [6.45, 7) is 4.07. The molecule has 0 N–H and O–H groups in total. The Morgan fingerprint density at radius 2 is 2.27 bits per heavy atom. The lowest BCUT2D eigenvalue weighted by atomic mass is 10.2. The van der Waals surface area contributed by atoms with Gasteiger partial charge in [0.1, 0.15) is 0 Å². The first-order valence-corrected chi connectivity index (χ1v) is 5.18. The molecule has 1 rings (SSSR count). The van der Waals surface area contributed by atoms with E-state index in [-0.39, 0.29) is 5.38 Å². The van der Waals surface area contributed by atoms with E-state index in [1.54, 1.807) is 11.3 Å². The fraction of sp³-hybridized carbons (Fsp3) is 0.500. The third kappa shape index (κ3) is 2.11. The number of halogens is 2. The minimum Gasteiger partial charge on any atom is -0.127 e. The van der Waals surface area contributed by atoms with Crippen molar-refractivity contribution >= 4 is 34.5 Å². The van der Waals surface area contributed by atoms with E-state index in [4.69, 9.17) is 23.2 Å². The Kier molecular flexibility index (Phi) is 3.23. The van der Waals surface area contributed by atoms with Crippen molar-refractivity contribution in [1.29, 1.82) is 0 Å². The van der Waals surface area contributed by atoms with Gasteiger partial charge in [-0.05, 0) is 25.0 Å². The summed E-state index contributed by atoms with van der Waals surface area (Å²) in [7, 11) is 0. The highest BCUT2D eigenvalue weighted by atomic mass is 35.5. The molecule has 0 radical (unpaired) electrons. The van der Waals surface area contributed by atoms with Gasteiger partial charge in [0.05, 0.1) is 9.71 Å². The number of alkyl halides is 1. The van der Waals surface area contributed by atoms with E-state index in [2.05, 4.69) is 13.0 Å². The predicted molar refractivity (Wildman–Crippen MR) is 53.0 cm³/mol. The third-order valence-corrected chi connectivity index (χ3v) is 3.89. The molecule has 0 nitrogen and oxygen atoms in total. The standard InChI is InChI=1S/C8H10Cl2S/c1-3-6(9)7-4-5(2)8(10)11-7/h4,6H,3H2,1-2H3. The summed E-state index contributed by atoms with van der Waals surface area (Å²) >= 11 is 13.5. The smallest absolute Gasteiger partial charge is 0.0960 e. The minimum absolute atomic E-state index is 0.131. The van der Waals surface area contributed by atoms with Crippen LogP contribution in [-0.2, 0) is 0 Å². The Balaban J connectivity index is 2.88. The molecular formula is C8H10Cl2S. The maximum Gasteiger partial charge on any atom is 0.0960 e. The molecule has 0 saturated carbocycles. The molecule has 0 saturated heterocycles. The van der Waals surface area contributed by atoms with Gasteiger partial charge in [-0.15, -0.1) is 22.9 Å². The fourth-order valence-electron chi connectivity index (χ4n) is 0.839. The molecule has 1 aromatic rings. The van der Waals surface area contributed by atoms with Crippen LogP contribution in [0.15, 0.2) is 6.07 Å². The van der Waals surface area contributed by atoms with Gasteiger partial charge >= 0.3 is 0 Å². The van der Waals surface area contributed by atoms with Crippen LogP contribution in [0.4, 0.5) is 0 Å². The highest BCUT2D eigenvalue weighted by molar-refractivity contribution is 7.16. The highest BCUT2D eigenvalue weighted by Crippen LogP contribution is 2.35. The summed E-state index contributed by atoms with van der Waals surface area (Å²) in [6.07, 6.45) is 0.956. The van der Waals surface area contributed by atoms with Crippen LogP contribution in [0.2, 0.25) is 4.34 Å². The zero-order valence-electron chi connectivity index (χ0n) is 6.53. The SMILES string of the molecule is CCC(Cl)c1cc(C)c(Cl)s1. The van der Waals surface area contributed by atoms with Crippen LogP contribution in [-0.4, -0.2) is 0 Å². The third-order valence-electron chi connectivity index (χ3n) is 1.54. The molecule has 0 aliphatic rings. The molecule has 11 heavy (non-hydrogen) atoms. The van der Waals surface area contributed by atoms with E-state index < -0.39 is 0 Å². The van der Waals surface area contributed by atoms with E-state index in [0.29, 0.717) is 0 Å². The van der Waals surface area contributed by atoms with Crippen LogP contribution in [0.3, 0.4) is 0 Å². The molecule has 0 aromatic carbocycles. The van der Waals surface area contributed by atoms with E-state index in [1.807, 2.05) is 6.92 Å². The molecule has 1 aromatic heterocycles. The molecule has 1 unspecified atom stereocenters. The first-order chi connectivity index (χ1) is 5.15. The Bertz CT molecular complexity index is 223. The summed E-state index contributed by atoms with van der Waals surface area (Å²) in [4.78, 5) is 1.18. The Morgan fingerprint density at radius 1 is 1.64 bits per heavy atom. The average Bonchev–Trinajstić information content (AvgIpc) is 2.31. The summed E-state index contributed by atoms with van der Waals surface area (Å²) in [5.74, 6) is 0. The number of thiophene rings is 1.